The molecule has 14 heteroatoms. The average Bonchev–Trinajstić information content (AvgIpc) is 3.78. The second-order valence-electron chi connectivity index (χ2n) is 11.6. The summed E-state index contributed by atoms with van der Waals surface area (Å²) < 4.78 is 69.8. The van der Waals surface area contributed by atoms with Gasteiger partial charge in [0.1, 0.15) is 12.7 Å². The molecule has 4 heterocycles. The Balaban J connectivity index is 1.21. The van der Waals surface area contributed by atoms with Gasteiger partial charge in [-0.15, -0.1) is 0 Å². The Labute approximate surface area is 251 Å². The lowest BCUT2D eigenvalue weighted by molar-refractivity contribution is -0.139. The van der Waals surface area contributed by atoms with Crippen LogP contribution in [0, 0.1) is 0 Å². The molecule has 44 heavy (non-hydrogen) atoms. The third-order valence-electron chi connectivity index (χ3n) is 8.55. The maximum absolute atomic E-state index is 14.8. The number of hydrogen-bond donors (Lipinski definition) is 2. The highest BCUT2D eigenvalue weighted by atomic mass is 19.4. The summed E-state index contributed by atoms with van der Waals surface area (Å²) >= 11 is 0. The Morgan fingerprint density at radius 1 is 1.20 bits per heavy atom. The van der Waals surface area contributed by atoms with Crippen molar-refractivity contribution in [3.8, 4) is 11.5 Å². The molecule has 0 unspecified atom stereocenters. The van der Waals surface area contributed by atoms with Crippen LogP contribution in [0.4, 0.5) is 23.2 Å². The van der Waals surface area contributed by atoms with E-state index in [4.69, 9.17) is 9.26 Å². The van der Waals surface area contributed by atoms with Gasteiger partial charge >= 0.3 is 6.18 Å². The molecule has 2 aliphatic rings. The maximum atomic E-state index is 14.8. The number of aromatic nitrogens is 4. The molecule has 4 aromatic rings. The molecule has 0 bridgehead atoms. The van der Waals surface area contributed by atoms with Crippen LogP contribution >= 0.6 is 0 Å². The maximum Gasteiger partial charge on any atom is 0.406 e. The molecule has 3 aromatic heterocycles. The lowest BCUT2D eigenvalue weighted by Gasteiger charge is -2.33. The summed E-state index contributed by atoms with van der Waals surface area (Å²) in [5.74, 6) is -0.365. The SMILES string of the molecule is CO[C@@H]1CCC[C@@H]1n1ccc(C(=O)NCc2nc(-c3cc4c(N[C@@H]5CCN(C)C[C@@H]5F)cccc4n3CC(F)(F)F)no2)c1. The number of nitrogens with one attached hydrogen (secondary N) is 2. The molecular weight excluding hydrogens is 582 g/mol. The van der Waals surface area contributed by atoms with E-state index in [9.17, 15) is 22.4 Å². The summed E-state index contributed by atoms with van der Waals surface area (Å²) in [4.78, 5) is 19.0. The first-order chi connectivity index (χ1) is 21.1. The van der Waals surface area contributed by atoms with Gasteiger partial charge in [0.15, 0.2) is 0 Å². The first kappa shape index (κ1) is 30.1. The first-order valence-corrected chi connectivity index (χ1v) is 14.7. The van der Waals surface area contributed by atoms with Gasteiger partial charge in [0.2, 0.25) is 11.7 Å². The van der Waals surface area contributed by atoms with Gasteiger partial charge in [0, 0.05) is 43.7 Å². The number of ether oxygens (including phenoxy) is 1. The predicted molar refractivity (Wildman–Crippen MR) is 155 cm³/mol. The van der Waals surface area contributed by atoms with Crippen LogP contribution in [0.1, 0.15) is 48.0 Å². The van der Waals surface area contributed by atoms with Gasteiger partial charge < -0.3 is 33.9 Å². The highest BCUT2D eigenvalue weighted by Gasteiger charge is 2.33. The van der Waals surface area contributed by atoms with E-state index >= 15 is 0 Å². The number of hydrogen-bond acceptors (Lipinski definition) is 7. The number of alkyl halides is 4. The minimum absolute atomic E-state index is 0.0387. The van der Waals surface area contributed by atoms with Gasteiger partial charge in [-0.3, -0.25) is 4.79 Å². The number of likely N-dealkylation sites (tertiary alicyclic amines) is 1. The average molecular weight is 618 g/mol. The Bertz CT molecular complexity index is 1610. The number of fused-ring (bicyclic) bond motifs is 1. The monoisotopic (exact) mass is 617 g/mol. The van der Waals surface area contributed by atoms with Gasteiger partial charge in [0.25, 0.3) is 5.91 Å². The fourth-order valence-corrected chi connectivity index (χ4v) is 6.33. The van der Waals surface area contributed by atoms with Gasteiger partial charge in [-0.2, -0.15) is 18.2 Å². The molecule has 1 amide bonds. The molecule has 6 rings (SSSR count). The number of halogens is 4. The minimum Gasteiger partial charge on any atom is -0.379 e. The molecule has 1 aliphatic heterocycles. The van der Waals surface area contributed by atoms with Crippen molar-refractivity contribution in [3.05, 3.63) is 54.2 Å². The number of piperidine rings is 1. The number of methoxy groups -OCH3 is 1. The Hall–Kier alpha value is -3.91. The van der Waals surface area contributed by atoms with Crippen molar-refractivity contribution in [3.63, 3.8) is 0 Å². The predicted octanol–water partition coefficient (Wildman–Crippen LogP) is 5.18. The Kier molecular flexibility index (Phi) is 8.38. The standard InChI is InChI=1S/C30H35F4N7O3/c1-39-11-10-22(20(31)16-39)36-21-5-3-6-23-19(21)13-25(41(23)17-30(32,33)34)28-37-27(44-38-28)14-35-29(42)18-9-12-40(15-18)24-7-4-8-26(24)43-2/h3,5-6,9,12-13,15,20,22,24,26,36H,4,7-8,10-11,14,16-17H2,1-2H3,(H,35,42)/t20-,22+,24-,26+/m0/s1. The van der Waals surface area contributed by atoms with E-state index in [1.165, 1.54) is 0 Å². The highest BCUT2D eigenvalue weighted by Crippen LogP contribution is 2.35. The van der Waals surface area contributed by atoms with Crippen LogP contribution in [0.15, 0.2) is 47.2 Å². The van der Waals surface area contributed by atoms with Crippen LogP contribution in [0.3, 0.4) is 0 Å². The van der Waals surface area contributed by atoms with Crippen molar-refractivity contribution in [2.24, 2.45) is 0 Å². The van der Waals surface area contributed by atoms with Crippen LogP contribution in [0.5, 0.6) is 0 Å². The molecule has 10 nitrogen and oxygen atoms in total. The van der Waals surface area contributed by atoms with Crippen molar-refractivity contribution in [2.45, 2.75) is 69.3 Å². The Morgan fingerprint density at radius 2 is 2.05 bits per heavy atom. The van der Waals surface area contributed by atoms with E-state index in [0.717, 1.165) is 23.8 Å². The molecular formula is C30H35F4N7O3. The highest BCUT2D eigenvalue weighted by molar-refractivity contribution is 5.96. The summed E-state index contributed by atoms with van der Waals surface area (Å²) in [6.07, 6.45) is 1.62. The molecule has 0 spiro atoms. The zero-order valence-corrected chi connectivity index (χ0v) is 24.5. The normalized spacial score (nSPS) is 23.0. The zero-order valence-electron chi connectivity index (χ0n) is 24.5. The number of nitrogens with zero attached hydrogens (tertiary/aromatic N) is 5. The summed E-state index contributed by atoms with van der Waals surface area (Å²) in [6.45, 7) is -0.410. The van der Waals surface area contributed by atoms with E-state index in [1.54, 1.807) is 43.6 Å². The summed E-state index contributed by atoms with van der Waals surface area (Å²) in [5, 5.41) is 10.4. The van der Waals surface area contributed by atoms with Crippen LogP contribution in [0.2, 0.25) is 0 Å². The van der Waals surface area contributed by atoms with Crippen molar-refractivity contribution < 1.29 is 31.6 Å². The molecule has 1 saturated carbocycles. The quantitative estimate of drug-likeness (QED) is 0.250. The minimum atomic E-state index is -4.53. The molecule has 2 fully saturated rings. The molecule has 1 saturated heterocycles. The van der Waals surface area contributed by atoms with Crippen molar-refractivity contribution in [1.29, 1.82) is 0 Å². The number of rotatable bonds is 9. The lowest BCUT2D eigenvalue weighted by Crippen LogP contribution is -2.46. The largest absolute Gasteiger partial charge is 0.406 e. The molecule has 1 aliphatic carbocycles. The van der Waals surface area contributed by atoms with Crippen LogP contribution in [0.25, 0.3) is 22.4 Å². The second-order valence-corrected chi connectivity index (χ2v) is 11.6. The summed E-state index contributed by atoms with van der Waals surface area (Å²) in [7, 11) is 3.54. The second kappa shape index (κ2) is 12.2. The van der Waals surface area contributed by atoms with Gasteiger partial charge in [-0.05, 0) is 57.0 Å². The van der Waals surface area contributed by atoms with E-state index in [0.29, 0.717) is 35.1 Å². The van der Waals surface area contributed by atoms with Crippen molar-refractivity contribution in [1.82, 2.24) is 29.5 Å². The topological polar surface area (TPSA) is 102 Å². The fraction of sp³-hybridized carbons (Fsp3) is 0.500. The first-order valence-electron chi connectivity index (χ1n) is 14.7. The number of benzene rings is 1. The molecule has 4 atom stereocenters. The van der Waals surface area contributed by atoms with Gasteiger partial charge in [-0.25, -0.2) is 4.39 Å². The van der Waals surface area contributed by atoms with Crippen LogP contribution in [-0.2, 0) is 17.8 Å². The number of anilines is 1. The third kappa shape index (κ3) is 6.32. The smallest absolute Gasteiger partial charge is 0.379 e. The summed E-state index contributed by atoms with van der Waals surface area (Å²) in [5.41, 5.74) is 1.37. The molecule has 0 radical (unpaired) electrons. The molecule has 1 aromatic carbocycles. The van der Waals surface area contributed by atoms with E-state index < -0.39 is 24.9 Å². The van der Waals surface area contributed by atoms with E-state index in [2.05, 4.69) is 20.8 Å². The van der Waals surface area contributed by atoms with Crippen LogP contribution < -0.4 is 10.6 Å². The molecule has 2 N–H and O–H groups in total. The lowest BCUT2D eigenvalue weighted by atomic mass is 10.0. The Morgan fingerprint density at radius 3 is 2.82 bits per heavy atom. The van der Waals surface area contributed by atoms with Gasteiger partial charge in [0.05, 0.1) is 41.5 Å². The van der Waals surface area contributed by atoms with Crippen LogP contribution in [-0.4, -0.2) is 81.8 Å². The molecule has 236 valence electrons. The zero-order chi connectivity index (χ0) is 31.0. The number of carbonyl (C=O) groups is 1. The fourth-order valence-electron chi connectivity index (χ4n) is 6.33. The number of carbonyl (C=O) groups excluding carboxylic acids is 1. The number of amides is 1. The van der Waals surface area contributed by atoms with E-state index in [-0.39, 0.29) is 48.6 Å². The summed E-state index contributed by atoms with van der Waals surface area (Å²) in [6, 6.07) is 7.91. The third-order valence-corrected chi connectivity index (χ3v) is 8.55. The van der Waals surface area contributed by atoms with Gasteiger partial charge in [-0.1, -0.05) is 11.2 Å². The van der Waals surface area contributed by atoms with E-state index in [1.807, 2.05) is 22.7 Å². The van der Waals surface area contributed by atoms with Crippen molar-refractivity contribution in [2.75, 3.05) is 32.6 Å². The van der Waals surface area contributed by atoms with Crippen molar-refractivity contribution >= 4 is 22.5 Å².